The van der Waals surface area contributed by atoms with E-state index in [2.05, 4.69) is 19.9 Å². The van der Waals surface area contributed by atoms with Crippen LogP contribution in [0.5, 0.6) is 0 Å². The van der Waals surface area contributed by atoms with Crippen LogP contribution in [0.25, 0.3) is 11.0 Å². The van der Waals surface area contributed by atoms with Crippen LogP contribution in [-0.2, 0) is 6.42 Å². The van der Waals surface area contributed by atoms with Crippen LogP contribution in [0, 0.1) is 0 Å². The van der Waals surface area contributed by atoms with E-state index in [4.69, 9.17) is 0 Å². The molecule has 0 aliphatic rings. The number of H-pyrrole nitrogens is 1. The monoisotopic (exact) mass is 252 g/mol. The summed E-state index contributed by atoms with van der Waals surface area (Å²) in [7, 11) is 2.04. The summed E-state index contributed by atoms with van der Waals surface area (Å²) in [5.74, 6) is 0.900. The van der Waals surface area contributed by atoms with Gasteiger partial charge >= 0.3 is 0 Å². The number of likely N-dealkylation sites (N-methyl/N-ethyl adjacent to an activating group) is 1. The van der Waals surface area contributed by atoms with Crippen molar-refractivity contribution in [3.63, 3.8) is 0 Å². The molecule has 0 bridgehead atoms. The van der Waals surface area contributed by atoms with E-state index in [1.54, 1.807) is 0 Å². The van der Waals surface area contributed by atoms with E-state index in [9.17, 15) is 0 Å². The van der Waals surface area contributed by atoms with Crippen LogP contribution < -0.4 is 4.90 Å². The maximum Gasteiger partial charge on any atom is 0.203 e. The van der Waals surface area contributed by atoms with E-state index >= 15 is 0 Å². The van der Waals surface area contributed by atoms with Gasteiger partial charge in [-0.05, 0) is 24.3 Å². The van der Waals surface area contributed by atoms with Crippen LogP contribution in [0.1, 0.15) is 5.69 Å². The molecular formula is C15H16N4. The average molecular weight is 252 g/mol. The van der Waals surface area contributed by atoms with Crippen molar-refractivity contribution in [3.05, 3.63) is 54.4 Å². The molecule has 0 saturated heterocycles. The van der Waals surface area contributed by atoms with Crippen molar-refractivity contribution in [3.8, 4) is 0 Å². The fourth-order valence-electron chi connectivity index (χ4n) is 2.05. The highest BCUT2D eigenvalue weighted by Gasteiger charge is 2.07. The van der Waals surface area contributed by atoms with Crippen molar-refractivity contribution in [2.24, 2.45) is 0 Å². The van der Waals surface area contributed by atoms with Crippen LogP contribution >= 0.6 is 0 Å². The number of fused-ring (bicyclic) bond motifs is 1. The van der Waals surface area contributed by atoms with Crippen LogP contribution in [0.2, 0.25) is 0 Å². The third-order valence-electron chi connectivity index (χ3n) is 3.17. The van der Waals surface area contributed by atoms with E-state index in [0.29, 0.717) is 0 Å². The number of benzene rings is 1. The molecule has 0 radical (unpaired) electrons. The fourth-order valence-corrected chi connectivity index (χ4v) is 2.05. The van der Waals surface area contributed by atoms with Crippen molar-refractivity contribution >= 4 is 17.0 Å². The first kappa shape index (κ1) is 11.7. The molecule has 0 fully saturated rings. The van der Waals surface area contributed by atoms with Gasteiger partial charge in [-0.15, -0.1) is 0 Å². The van der Waals surface area contributed by atoms with Gasteiger partial charge < -0.3 is 9.88 Å². The Bertz CT molecular complexity index is 627. The summed E-state index contributed by atoms with van der Waals surface area (Å²) in [6, 6.07) is 14.1. The summed E-state index contributed by atoms with van der Waals surface area (Å²) in [4.78, 5) is 14.4. The second-order valence-corrected chi connectivity index (χ2v) is 4.57. The first-order valence-corrected chi connectivity index (χ1v) is 6.39. The Hall–Kier alpha value is -2.36. The van der Waals surface area contributed by atoms with Gasteiger partial charge in [0.15, 0.2) is 0 Å². The number of rotatable bonds is 4. The first-order chi connectivity index (χ1) is 9.33. The number of aromatic amines is 1. The molecule has 1 N–H and O–H groups in total. The number of anilines is 1. The molecule has 1 aromatic carbocycles. The third kappa shape index (κ3) is 2.57. The molecule has 3 rings (SSSR count). The number of hydrogen-bond acceptors (Lipinski definition) is 3. The lowest BCUT2D eigenvalue weighted by atomic mass is 10.2. The molecule has 2 heterocycles. The minimum absolute atomic E-state index is 0.886. The second kappa shape index (κ2) is 5.10. The molecule has 2 aromatic heterocycles. The van der Waals surface area contributed by atoms with E-state index in [-0.39, 0.29) is 0 Å². The average Bonchev–Trinajstić information content (AvgIpc) is 2.90. The van der Waals surface area contributed by atoms with Crippen molar-refractivity contribution in [1.82, 2.24) is 15.0 Å². The maximum atomic E-state index is 4.57. The summed E-state index contributed by atoms with van der Waals surface area (Å²) in [6.07, 6.45) is 2.74. The zero-order valence-corrected chi connectivity index (χ0v) is 10.9. The standard InChI is InChI=1S/C15H16N4/c1-19(11-9-12-6-4-5-10-16-12)15-17-13-7-2-3-8-14(13)18-15/h2-8,10H,9,11H2,1H3,(H,17,18). The summed E-state index contributed by atoms with van der Waals surface area (Å²) in [5.41, 5.74) is 3.18. The van der Waals surface area contributed by atoms with Crippen LogP contribution in [-0.4, -0.2) is 28.5 Å². The highest BCUT2D eigenvalue weighted by atomic mass is 15.2. The molecule has 96 valence electrons. The van der Waals surface area contributed by atoms with Crippen LogP contribution in [0.3, 0.4) is 0 Å². The van der Waals surface area contributed by atoms with Crippen LogP contribution in [0.15, 0.2) is 48.7 Å². The predicted octanol–water partition coefficient (Wildman–Crippen LogP) is 2.64. The smallest absolute Gasteiger partial charge is 0.203 e. The number of hydrogen-bond donors (Lipinski definition) is 1. The van der Waals surface area contributed by atoms with Gasteiger partial charge in [-0.3, -0.25) is 4.98 Å². The minimum Gasteiger partial charge on any atom is -0.345 e. The summed E-state index contributed by atoms with van der Waals surface area (Å²) in [5, 5.41) is 0. The molecule has 0 atom stereocenters. The highest BCUT2D eigenvalue weighted by molar-refractivity contribution is 5.77. The fraction of sp³-hybridized carbons (Fsp3) is 0.200. The molecule has 0 aliphatic heterocycles. The largest absolute Gasteiger partial charge is 0.345 e. The van der Waals surface area contributed by atoms with Gasteiger partial charge in [-0.25, -0.2) is 4.98 Å². The van der Waals surface area contributed by atoms with E-state index in [1.807, 2.05) is 55.7 Å². The Morgan fingerprint density at radius 2 is 1.95 bits per heavy atom. The topological polar surface area (TPSA) is 44.8 Å². The van der Waals surface area contributed by atoms with E-state index in [0.717, 1.165) is 35.6 Å². The van der Waals surface area contributed by atoms with Gasteiger partial charge in [-0.1, -0.05) is 18.2 Å². The molecule has 0 spiro atoms. The lowest BCUT2D eigenvalue weighted by Crippen LogP contribution is -2.21. The molecule has 0 amide bonds. The number of imidazole rings is 1. The van der Waals surface area contributed by atoms with Gasteiger partial charge in [0.1, 0.15) is 0 Å². The first-order valence-electron chi connectivity index (χ1n) is 6.39. The summed E-state index contributed by atoms with van der Waals surface area (Å²) < 4.78 is 0. The third-order valence-corrected chi connectivity index (χ3v) is 3.17. The highest BCUT2D eigenvalue weighted by Crippen LogP contribution is 2.16. The molecule has 0 saturated carbocycles. The quantitative estimate of drug-likeness (QED) is 0.776. The van der Waals surface area contributed by atoms with Crippen molar-refractivity contribution in [1.29, 1.82) is 0 Å². The maximum absolute atomic E-state index is 4.57. The summed E-state index contributed by atoms with van der Waals surface area (Å²) in [6.45, 7) is 0.886. The Balaban J connectivity index is 1.71. The number of nitrogens with one attached hydrogen (secondary N) is 1. The SMILES string of the molecule is CN(CCc1ccccn1)c1nc2ccccc2[nH]1. The minimum atomic E-state index is 0.886. The van der Waals surface area contributed by atoms with Gasteiger partial charge in [-0.2, -0.15) is 0 Å². The number of pyridine rings is 1. The van der Waals surface area contributed by atoms with Crippen molar-refractivity contribution in [2.75, 3.05) is 18.5 Å². The predicted molar refractivity (Wildman–Crippen MR) is 77.3 cm³/mol. The zero-order chi connectivity index (χ0) is 13.1. The molecule has 3 aromatic rings. The van der Waals surface area contributed by atoms with E-state index in [1.165, 1.54) is 0 Å². The molecule has 4 heteroatoms. The van der Waals surface area contributed by atoms with Gasteiger partial charge in [0.2, 0.25) is 5.95 Å². The zero-order valence-electron chi connectivity index (χ0n) is 10.9. The Morgan fingerprint density at radius 1 is 1.11 bits per heavy atom. The molecular weight excluding hydrogens is 236 g/mol. The Kier molecular flexibility index (Phi) is 3.14. The lowest BCUT2D eigenvalue weighted by Gasteiger charge is -2.15. The number of para-hydroxylation sites is 2. The number of nitrogens with zero attached hydrogens (tertiary/aromatic N) is 3. The normalized spacial score (nSPS) is 10.8. The molecule has 0 unspecified atom stereocenters. The molecule has 4 nitrogen and oxygen atoms in total. The van der Waals surface area contributed by atoms with Crippen LogP contribution in [0.4, 0.5) is 5.95 Å². The molecule has 0 aliphatic carbocycles. The Labute approximate surface area is 112 Å². The molecule has 19 heavy (non-hydrogen) atoms. The van der Waals surface area contributed by atoms with Crippen molar-refractivity contribution in [2.45, 2.75) is 6.42 Å². The second-order valence-electron chi connectivity index (χ2n) is 4.57. The van der Waals surface area contributed by atoms with Crippen molar-refractivity contribution < 1.29 is 0 Å². The number of aromatic nitrogens is 3. The lowest BCUT2D eigenvalue weighted by molar-refractivity contribution is 0.831. The van der Waals surface area contributed by atoms with Gasteiger partial charge in [0.05, 0.1) is 11.0 Å². The van der Waals surface area contributed by atoms with E-state index < -0.39 is 0 Å². The van der Waals surface area contributed by atoms with Gasteiger partial charge in [0.25, 0.3) is 0 Å². The summed E-state index contributed by atoms with van der Waals surface area (Å²) >= 11 is 0. The van der Waals surface area contributed by atoms with Gasteiger partial charge in [0, 0.05) is 31.9 Å². The Morgan fingerprint density at radius 3 is 2.74 bits per heavy atom.